The van der Waals surface area contributed by atoms with Gasteiger partial charge < -0.3 is 4.55 Å². The fourth-order valence-electron chi connectivity index (χ4n) is 5.62. The van der Waals surface area contributed by atoms with Gasteiger partial charge in [0.2, 0.25) is 0 Å². The molecule has 39 heavy (non-hydrogen) atoms. The molecule has 0 aromatic heterocycles. The number of rotatable bonds is 23. The van der Waals surface area contributed by atoms with E-state index in [9.17, 15) is 13.0 Å². The van der Waals surface area contributed by atoms with E-state index in [0.717, 1.165) is 30.0 Å². The molecule has 0 aliphatic rings. The second kappa shape index (κ2) is 22.2. The summed E-state index contributed by atoms with van der Waals surface area (Å²) in [7, 11) is -4.44. The summed E-state index contributed by atoms with van der Waals surface area (Å²) in [6.07, 6.45) is 28.4. The van der Waals surface area contributed by atoms with Gasteiger partial charge in [-0.2, -0.15) is 0 Å². The van der Waals surface area contributed by atoms with E-state index in [1.807, 2.05) is 6.07 Å². The van der Waals surface area contributed by atoms with Gasteiger partial charge in [0.25, 0.3) is 0 Å². The van der Waals surface area contributed by atoms with Gasteiger partial charge in [0.05, 0.1) is 4.90 Å². The molecule has 0 radical (unpaired) electrons. The number of hydrogen-bond acceptors (Lipinski definition) is 3. The van der Waals surface area contributed by atoms with Crippen LogP contribution in [-0.2, 0) is 23.0 Å². The van der Waals surface area contributed by atoms with Gasteiger partial charge in [-0.25, -0.2) is 8.42 Å². The van der Waals surface area contributed by atoms with E-state index in [2.05, 4.69) is 26.0 Å². The Morgan fingerprint density at radius 3 is 1.46 bits per heavy atom. The first-order valence-corrected chi connectivity index (χ1v) is 17.4. The third-order valence-electron chi connectivity index (χ3n) is 7.98. The Balaban J connectivity index is 0.00000760. The van der Waals surface area contributed by atoms with Crippen LogP contribution in [0, 0.1) is 0 Å². The van der Waals surface area contributed by atoms with Crippen molar-refractivity contribution in [3.8, 4) is 0 Å². The van der Waals surface area contributed by atoms with Gasteiger partial charge in [-0.1, -0.05) is 148 Å². The molecular formula is C34H55NaO3S. The van der Waals surface area contributed by atoms with Gasteiger partial charge >= 0.3 is 29.6 Å². The Morgan fingerprint density at radius 1 is 0.564 bits per heavy atom. The zero-order chi connectivity index (χ0) is 27.5. The van der Waals surface area contributed by atoms with Crippen LogP contribution < -0.4 is 29.6 Å². The largest absolute Gasteiger partial charge is 1.00 e. The Labute approximate surface area is 263 Å². The van der Waals surface area contributed by atoms with Crippen molar-refractivity contribution in [2.75, 3.05) is 0 Å². The summed E-state index contributed by atoms with van der Waals surface area (Å²) < 4.78 is 34.9. The minimum absolute atomic E-state index is 0. The fraction of sp³-hybridized carbons (Fsp3) is 0.706. The molecule has 0 spiro atoms. The second-order valence-electron chi connectivity index (χ2n) is 11.5. The van der Waals surface area contributed by atoms with Crippen LogP contribution in [0.1, 0.15) is 153 Å². The van der Waals surface area contributed by atoms with Gasteiger partial charge in [-0.15, -0.1) is 0 Å². The first-order chi connectivity index (χ1) is 18.5. The third kappa shape index (κ3) is 16.0. The van der Waals surface area contributed by atoms with Crippen molar-refractivity contribution in [1.29, 1.82) is 0 Å². The Bertz CT molecular complexity index is 1000. The van der Waals surface area contributed by atoms with Crippen LogP contribution in [0.2, 0.25) is 0 Å². The number of aryl methyl sites for hydroxylation is 2. The van der Waals surface area contributed by atoms with Gasteiger partial charge in [-0.05, 0) is 59.7 Å². The third-order valence-corrected chi connectivity index (χ3v) is 8.81. The van der Waals surface area contributed by atoms with Crippen LogP contribution in [0.15, 0.2) is 35.2 Å². The summed E-state index contributed by atoms with van der Waals surface area (Å²) in [5.74, 6) is 0. The smallest absolute Gasteiger partial charge is 0.744 e. The maximum Gasteiger partial charge on any atom is 1.00 e. The molecule has 0 fully saturated rings. The minimum Gasteiger partial charge on any atom is -0.744 e. The summed E-state index contributed by atoms with van der Waals surface area (Å²) in [5.41, 5.74) is 2.58. The summed E-state index contributed by atoms with van der Waals surface area (Å²) in [4.78, 5) is -0.119. The van der Waals surface area contributed by atoms with Crippen LogP contribution in [0.5, 0.6) is 0 Å². The molecule has 0 saturated heterocycles. The summed E-state index contributed by atoms with van der Waals surface area (Å²) in [6.45, 7) is 4.53. The van der Waals surface area contributed by atoms with Crippen molar-refractivity contribution in [2.24, 2.45) is 0 Å². The molecule has 0 aliphatic heterocycles. The van der Waals surface area contributed by atoms with Crippen molar-refractivity contribution in [2.45, 2.75) is 160 Å². The predicted octanol–water partition coefficient (Wildman–Crippen LogP) is 7.67. The number of fused-ring (bicyclic) bond motifs is 1. The Hall–Kier alpha value is -0.390. The van der Waals surface area contributed by atoms with Crippen molar-refractivity contribution >= 4 is 20.9 Å². The molecule has 0 atom stereocenters. The molecule has 3 nitrogen and oxygen atoms in total. The Morgan fingerprint density at radius 2 is 1.00 bits per heavy atom. The molecule has 2 aromatic carbocycles. The average molecular weight is 567 g/mol. The molecular weight excluding hydrogens is 511 g/mol. The average Bonchev–Trinajstić information content (AvgIpc) is 2.90. The van der Waals surface area contributed by atoms with Crippen LogP contribution in [0.25, 0.3) is 10.8 Å². The van der Waals surface area contributed by atoms with Crippen molar-refractivity contribution in [3.63, 3.8) is 0 Å². The summed E-state index contributed by atoms with van der Waals surface area (Å²) >= 11 is 0. The van der Waals surface area contributed by atoms with Gasteiger partial charge in [0.1, 0.15) is 10.1 Å². The molecule has 2 aromatic rings. The first-order valence-electron chi connectivity index (χ1n) is 16.0. The quantitative estimate of drug-likeness (QED) is 0.0788. The monoisotopic (exact) mass is 566 g/mol. The number of hydrogen-bond donors (Lipinski definition) is 0. The zero-order valence-corrected chi connectivity index (χ0v) is 28.4. The fourth-order valence-corrected chi connectivity index (χ4v) is 6.13. The minimum atomic E-state index is -4.44. The molecule has 0 bridgehead atoms. The number of benzene rings is 2. The van der Waals surface area contributed by atoms with E-state index in [1.165, 1.54) is 139 Å². The molecule has 5 heteroatoms. The maximum absolute atomic E-state index is 11.6. The molecule has 0 heterocycles. The first kappa shape index (κ1) is 36.6. The van der Waals surface area contributed by atoms with Crippen molar-refractivity contribution in [1.82, 2.24) is 0 Å². The normalized spacial score (nSPS) is 11.7. The van der Waals surface area contributed by atoms with Crippen molar-refractivity contribution in [3.05, 3.63) is 41.5 Å². The van der Waals surface area contributed by atoms with E-state index >= 15 is 0 Å². The molecule has 0 saturated carbocycles. The van der Waals surface area contributed by atoms with Gasteiger partial charge in [0, 0.05) is 0 Å². The summed E-state index contributed by atoms with van der Waals surface area (Å²) in [5, 5.41) is 1.99. The predicted molar refractivity (Wildman–Crippen MR) is 163 cm³/mol. The second-order valence-corrected chi connectivity index (χ2v) is 12.8. The molecule has 2 rings (SSSR count). The molecule has 0 amide bonds. The molecule has 0 aliphatic carbocycles. The van der Waals surface area contributed by atoms with Gasteiger partial charge in [-0.3, -0.25) is 0 Å². The van der Waals surface area contributed by atoms with E-state index < -0.39 is 10.1 Å². The standard InChI is InChI=1S/C34H56O3S.Na/c1-3-5-7-9-11-13-15-17-19-21-23-30-27-31(24-22-20-18-16-14-12-10-8-6-4-2)34-26-25-33(38(35,36)37)29-32(34)28-30;/h25-29H,3-24H2,1-2H3,(H,35,36,37);/q;+1/p-1. The van der Waals surface area contributed by atoms with Crippen LogP contribution in [-0.4, -0.2) is 13.0 Å². The molecule has 0 N–H and O–H groups in total. The Kier molecular flexibility index (Phi) is 20.9. The van der Waals surface area contributed by atoms with E-state index in [1.54, 1.807) is 6.07 Å². The van der Waals surface area contributed by atoms with Crippen molar-refractivity contribution < 1.29 is 42.5 Å². The topological polar surface area (TPSA) is 57.2 Å². The number of unbranched alkanes of at least 4 members (excludes halogenated alkanes) is 18. The van der Waals surface area contributed by atoms with Crippen LogP contribution in [0.4, 0.5) is 0 Å². The zero-order valence-electron chi connectivity index (χ0n) is 25.6. The van der Waals surface area contributed by atoms with Crippen LogP contribution in [0.3, 0.4) is 0 Å². The van der Waals surface area contributed by atoms with Crippen LogP contribution >= 0.6 is 0 Å². The maximum atomic E-state index is 11.6. The van der Waals surface area contributed by atoms with E-state index in [0.29, 0.717) is 0 Å². The molecule has 0 unspecified atom stereocenters. The van der Waals surface area contributed by atoms with Gasteiger partial charge in [0.15, 0.2) is 0 Å². The van der Waals surface area contributed by atoms with E-state index in [4.69, 9.17) is 0 Å². The summed E-state index contributed by atoms with van der Waals surface area (Å²) in [6, 6.07) is 9.36. The SMILES string of the molecule is CCCCCCCCCCCCc1cc(CCCCCCCCCCCC)c2ccc(S(=O)(=O)[O-])cc2c1.[Na+]. The molecule has 216 valence electrons. The van der Waals surface area contributed by atoms with E-state index in [-0.39, 0.29) is 34.5 Å².